The zero-order valence-corrected chi connectivity index (χ0v) is 16.9. The van der Waals surface area contributed by atoms with Crippen molar-refractivity contribution < 1.29 is 4.79 Å². The van der Waals surface area contributed by atoms with Gasteiger partial charge in [0.2, 0.25) is 5.91 Å². The van der Waals surface area contributed by atoms with Gasteiger partial charge in [0.1, 0.15) is 0 Å². The minimum atomic E-state index is 0.137. The highest BCUT2D eigenvalue weighted by Gasteiger charge is 2.31. The predicted molar refractivity (Wildman–Crippen MR) is 109 cm³/mol. The molecule has 2 fully saturated rings. The number of unbranched alkanes of at least 4 members (excludes halogenated alkanes) is 2. The number of piperidine rings is 2. The van der Waals surface area contributed by atoms with Crippen LogP contribution in [-0.2, 0) is 11.3 Å². The minimum Gasteiger partial charge on any atom is -0.352 e. The number of carbonyl (C=O) groups is 1. The third-order valence-corrected chi connectivity index (χ3v) is 6.16. The molecule has 0 saturated carbocycles. The molecule has 1 atom stereocenters. The van der Waals surface area contributed by atoms with Gasteiger partial charge in [-0.05, 0) is 69.9 Å². The van der Waals surface area contributed by atoms with E-state index in [1.165, 1.54) is 51.7 Å². The number of rotatable bonds is 8. The molecule has 1 aromatic heterocycles. The number of pyridine rings is 1. The number of aromatic nitrogens is 1. The number of hydrogen-bond acceptors (Lipinski definition) is 4. The van der Waals surface area contributed by atoms with Gasteiger partial charge in [0.15, 0.2) is 0 Å². The van der Waals surface area contributed by atoms with E-state index in [-0.39, 0.29) is 11.8 Å². The normalized spacial score (nSPS) is 22.6. The van der Waals surface area contributed by atoms with E-state index in [2.05, 4.69) is 27.0 Å². The van der Waals surface area contributed by atoms with Crippen molar-refractivity contribution in [2.24, 2.45) is 5.92 Å². The standard InChI is InChI=1S/C22H36N4O/c1-2-3-4-12-25-14-9-21(10-15-25)26-13-6-8-20(18-26)22(27)24-17-19-7-5-11-23-16-19/h5,7,11,16,20-21H,2-4,6,8-10,12-15,17-18H2,1H3,(H,24,27). The lowest BCUT2D eigenvalue weighted by Gasteiger charge is -2.42. The minimum absolute atomic E-state index is 0.137. The van der Waals surface area contributed by atoms with Crippen LogP contribution in [0.25, 0.3) is 0 Å². The van der Waals surface area contributed by atoms with E-state index in [1.807, 2.05) is 18.3 Å². The molecular weight excluding hydrogens is 336 g/mol. The van der Waals surface area contributed by atoms with Crippen LogP contribution >= 0.6 is 0 Å². The fourth-order valence-electron chi connectivity index (χ4n) is 4.48. The van der Waals surface area contributed by atoms with Crippen molar-refractivity contribution in [3.05, 3.63) is 30.1 Å². The SMILES string of the molecule is CCCCCN1CCC(N2CCCC(C(=O)NCc3cccnc3)C2)CC1. The second kappa shape index (κ2) is 10.8. The Hall–Kier alpha value is -1.46. The first kappa shape index (κ1) is 20.3. The molecule has 0 spiro atoms. The van der Waals surface area contributed by atoms with Crippen molar-refractivity contribution in [3.8, 4) is 0 Å². The molecule has 5 nitrogen and oxygen atoms in total. The Morgan fingerprint density at radius 2 is 2.07 bits per heavy atom. The fraction of sp³-hybridized carbons (Fsp3) is 0.727. The summed E-state index contributed by atoms with van der Waals surface area (Å²) in [6, 6.07) is 4.59. The van der Waals surface area contributed by atoms with E-state index in [0.717, 1.165) is 31.5 Å². The largest absolute Gasteiger partial charge is 0.352 e. The van der Waals surface area contributed by atoms with Crippen molar-refractivity contribution in [1.29, 1.82) is 0 Å². The fourth-order valence-corrected chi connectivity index (χ4v) is 4.48. The van der Waals surface area contributed by atoms with Crippen LogP contribution in [0, 0.1) is 5.92 Å². The van der Waals surface area contributed by atoms with Gasteiger partial charge in [-0.15, -0.1) is 0 Å². The Morgan fingerprint density at radius 1 is 1.22 bits per heavy atom. The Kier molecular flexibility index (Phi) is 8.09. The zero-order valence-electron chi connectivity index (χ0n) is 16.9. The molecular formula is C22H36N4O. The number of nitrogens with zero attached hydrogens (tertiary/aromatic N) is 3. The summed E-state index contributed by atoms with van der Waals surface area (Å²) in [7, 11) is 0. The van der Waals surface area contributed by atoms with E-state index in [1.54, 1.807) is 6.20 Å². The molecule has 3 rings (SSSR count). The summed E-state index contributed by atoms with van der Waals surface area (Å²) in [6.07, 6.45) is 12.3. The first-order chi connectivity index (χ1) is 13.3. The van der Waals surface area contributed by atoms with Crippen LogP contribution in [0.2, 0.25) is 0 Å². The third-order valence-electron chi connectivity index (χ3n) is 6.16. The molecule has 1 unspecified atom stereocenters. The monoisotopic (exact) mass is 372 g/mol. The van der Waals surface area contributed by atoms with Crippen LogP contribution in [0.4, 0.5) is 0 Å². The molecule has 150 valence electrons. The molecule has 0 bridgehead atoms. The molecule has 2 saturated heterocycles. The van der Waals surface area contributed by atoms with Crippen LogP contribution in [0.1, 0.15) is 57.4 Å². The summed E-state index contributed by atoms with van der Waals surface area (Å²) in [6.45, 7) is 8.66. The van der Waals surface area contributed by atoms with Crippen LogP contribution in [-0.4, -0.2) is 59.5 Å². The highest BCUT2D eigenvalue weighted by atomic mass is 16.1. The van der Waals surface area contributed by atoms with Crippen LogP contribution in [0.5, 0.6) is 0 Å². The Morgan fingerprint density at radius 3 is 2.81 bits per heavy atom. The number of nitrogens with one attached hydrogen (secondary N) is 1. The molecule has 0 radical (unpaired) electrons. The summed E-state index contributed by atoms with van der Waals surface area (Å²) < 4.78 is 0. The molecule has 1 amide bonds. The van der Waals surface area contributed by atoms with Gasteiger partial charge < -0.3 is 10.2 Å². The second-order valence-electron chi connectivity index (χ2n) is 8.19. The number of likely N-dealkylation sites (tertiary alicyclic amines) is 2. The van der Waals surface area contributed by atoms with E-state index >= 15 is 0 Å². The molecule has 0 aliphatic carbocycles. The number of amides is 1. The Balaban J connectivity index is 1.40. The van der Waals surface area contributed by atoms with Gasteiger partial charge in [-0.25, -0.2) is 0 Å². The molecule has 27 heavy (non-hydrogen) atoms. The van der Waals surface area contributed by atoms with Gasteiger partial charge in [0.05, 0.1) is 5.92 Å². The zero-order chi connectivity index (χ0) is 18.9. The van der Waals surface area contributed by atoms with E-state index in [9.17, 15) is 4.79 Å². The van der Waals surface area contributed by atoms with Gasteiger partial charge in [-0.2, -0.15) is 0 Å². The van der Waals surface area contributed by atoms with Crippen molar-refractivity contribution >= 4 is 5.91 Å². The van der Waals surface area contributed by atoms with E-state index in [0.29, 0.717) is 12.6 Å². The van der Waals surface area contributed by atoms with Crippen molar-refractivity contribution in [1.82, 2.24) is 20.1 Å². The number of hydrogen-bond donors (Lipinski definition) is 1. The summed E-state index contributed by atoms with van der Waals surface area (Å²) >= 11 is 0. The van der Waals surface area contributed by atoms with Crippen LogP contribution in [0.15, 0.2) is 24.5 Å². The molecule has 1 N–H and O–H groups in total. The van der Waals surface area contributed by atoms with Gasteiger partial charge in [0.25, 0.3) is 0 Å². The molecule has 1 aromatic rings. The second-order valence-corrected chi connectivity index (χ2v) is 8.19. The topological polar surface area (TPSA) is 48.5 Å². The molecule has 5 heteroatoms. The highest BCUT2D eigenvalue weighted by molar-refractivity contribution is 5.78. The van der Waals surface area contributed by atoms with Crippen molar-refractivity contribution in [3.63, 3.8) is 0 Å². The summed E-state index contributed by atoms with van der Waals surface area (Å²) in [5.74, 6) is 0.346. The smallest absolute Gasteiger partial charge is 0.224 e. The average Bonchev–Trinajstić information content (AvgIpc) is 2.73. The maximum absolute atomic E-state index is 12.6. The lowest BCUT2D eigenvalue weighted by Crippen LogP contribution is -2.50. The van der Waals surface area contributed by atoms with Gasteiger partial charge >= 0.3 is 0 Å². The van der Waals surface area contributed by atoms with Gasteiger partial charge in [0, 0.05) is 31.5 Å². The average molecular weight is 373 g/mol. The lowest BCUT2D eigenvalue weighted by atomic mass is 9.93. The first-order valence-electron chi connectivity index (χ1n) is 10.9. The maximum Gasteiger partial charge on any atom is 0.224 e. The van der Waals surface area contributed by atoms with Crippen LogP contribution in [0.3, 0.4) is 0 Å². The molecule has 3 heterocycles. The first-order valence-corrected chi connectivity index (χ1v) is 10.9. The highest BCUT2D eigenvalue weighted by Crippen LogP contribution is 2.24. The molecule has 2 aliphatic rings. The molecule has 0 aromatic carbocycles. The lowest BCUT2D eigenvalue weighted by molar-refractivity contribution is -0.127. The molecule has 2 aliphatic heterocycles. The van der Waals surface area contributed by atoms with E-state index < -0.39 is 0 Å². The quantitative estimate of drug-likeness (QED) is 0.713. The van der Waals surface area contributed by atoms with Crippen LogP contribution < -0.4 is 5.32 Å². The summed E-state index contributed by atoms with van der Waals surface area (Å²) in [5, 5.41) is 3.11. The Labute approximate surface area is 164 Å². The number of carbonyl (C=O) groups excluding carboxylic acids is 1. The Bertz CT molecular complexity index is 557. The third kappa shape index (κ3) is 6.28. The van der Waals surface area contributed by atoms with Gasteiger partial charge in [-0.3, -0.25) is 14.7 Å². The predicted octanol–water partition coefficient (Wildman–Crippen LogP) is 3.06. The van der Waals surface area contributed by atoms with Crippen molar-refractivity contribution in [2.45, 2.75) is 64.5 Å². The van der Waals surface area contributed by atoms with Crippen molar-refractivity contribution in [2.75, 3.05) is 32.7 Å². The maximum atomic E-state index is 12.6. The summed E-state index contributed by atoms with van der Waals surface area (Å²) in [4.78, 5) is 22.0. The van der Waals surface area contributed by atoms with Gasteiger partial charge in [-0.1, -0.05) is 25.8 Å². The van der Waals surface area contributed by atoms with E-state index in [4.69, 9.17) is 0 Å². The summed E-state index contributed by atoms with van der Waals surface area (Å²) in [5.41, 5.74) is 1.06.